The van der Waals surface area contributed by atoms with E-state index in [1.54, 1.807) is 20.0 Å². The summed E-state index contributed by atoms with van der Waals surface area (Å²) < 4.78 is 27.7. The third kappa shape index (κ3) is 3.24. The van der Waals surface area contributed by atoms with Crippen LogP contribution in [0.2, 0.25) is 0 Å². The van der Waals surface area contributed by atoms with Gasteiger partial charge in [0.15, 0.2) is 17.5 Å². The number of anilines is 2. The van der Waals surface area contributed by atoms with Crippen molar-refractivity contribution in [3.8, 4) is 0 Å². The number of nitrogens with one attached hydrogen (secondary N) is 1. The third-order valence-corrected chi connectivity index (χ3v) is 5.02. The van der Waals surface area contributed by atoms with Gasteiger partial charge in [-0.05, 0) is 32.9 Å². The van der Waals surface area contributed by atoms with Crippen LogP contribution in [0.25, 0.3) is 10.8 Å². The van der Waals surface area contributed by atoms with Crippen molar-refractivity contribution < 1.29 is 13.9 Å². The molecule has 2 N–H and O–H groups in total. The second kappa shape index (κ2) is 6.63. The van der Waals surface area contributed by atoms with Crippen molar-refractivity contribution in [3.63, 3.8) is 0 Å². The van der Waals surface area contributed by atoms with Crippen LogP contribution in [0.4, 0.5) is 20.4 Å². The van der Waals surface area contributed by atoms with Gasteiger partial charge in [0.1, 0.15) is 5.82 Å². The smallest absolute Gasteiger partial charge is 0.164 e. The summed E-state index contributed by atoms with van der Waals surface area (Å²) in [5, 5.41) is 23.1. The van der Waals surface area contributed by atoms with Crippen LogP contribution in [0, 0.1) is 18.6 Å². The first-order chi connectivity index (χ1) is 13.2. The summed E-state index contributed by atoms with van der Waals surface area (Å²) in [6, 6.07) is 5.46. The molecule has 0 unspecified atom stereocenters. The van der Waals surface area contributed by atoms with Gasteiger partial charge in [0.05, 0.1) is 17.3 Å². The number of nitrogens with zero attached hydrogens (tertiary/aromatic N) is 4. The first-order valence-electron chi connectivity index (χ1n) is 9.06. The quantitative estimate of drug-likeness (QED) is 0.718. The average Bonchev–Trinajstić information content (AvgIpc) is 2.64. The highest BCUT2D eigenvalue weighted by Gasteiger charge is 2.37. The minimum absolute atomic E-state index is 0.212. The Labute approximate surface area is 161 Å². The summed E-state index contributed by atoms with van der Waals surface area (Å²) in [6.45, 7) is 6.35. The minimum Gasteiger partial charge on any atom is -0.386 e. The lowest BCUT2D eigenvalue weighted by molar-refractivity contribution is 0.0305. The highest BCUT2D eigenvalue weighted by molar-refractivity contribution is 5.94. The van der Waals surface area contributed by atoms with E-state index in [-0.39, 0.29) is 5.56 Å². The fraction of sp³-hybridized carbons (Fsp3) is 0.350. The van der Waals surface area contributed by atoms with E-state index in [0.29, 0.717) is 18.9 Å². The zero-order valence-corrected chi connectivity index (χ0v) is 15.9. The molecule has 1 atom stereocenters. The van der Waals surface area contributed by atoms with Gasteiger partial charge < -0.3 is 15.3 Å². The van der Waals surface area contributed by atoms with Crippen LogP contribution in [-0.2, 0) is 0 Å². The number of hydrogen-bond donors (Lipinski definition) is 2. The maximum absolute atomic E-state index is 14.1. The normalized spacial score (nSPS) is 16.7. The molecule has 146 valence electrons. The Morgan fingerprint density at radius 2 is 1.96 bits per heavy atom. The maximum atomic E-state index is 14.1. The summed E-state index contributed by atoms with van der Waals surface area (Å²) in [4.78, 5) is 6.44. The molecular formula is C20H21F2N5O. The number of benzene rings is 1. The number of aromatic nitrogens is 3. The van der Waals surface area contributed by atoms with Crippen molar-refractivity contribution in [2.24, 2.45) is 0 Å². The Balaban J connectivity index is 1.70. The molecule has 28 heavy (non-hydrogen) atoms. The largest absolute Gasteiger partial charge is 0.386 e. The molecular weight excluding hydrogens is 364 g/mol. The van der Waals surface area contributed by atoms with Crippen molar-refractivity contribution in [1.82, 2.24) is 15.2 Å². The van der Waals surface area contributed by atoms with Crippen LogP contribution >= 0.6 is 0 Å². The van der Waals surface area contributed by atoms with Crippen molar-refractivity contribution >= 4 is 22.4 Å². The molecule has 1 fully saturated rings. The van der Waals surface area contributed by atoms with Gasteiger partial charge in [0.25, 0.3) is 0 Å². The average molecular weight is 385 g/mol. The number of pyridine rings is 1. The summed E-state index contributed by atoms with van der Waals surface area (Å²) in [5.41, 5.74) is 0.219. The van der Waals surface area contributed by atoms with Gasteiger partial charge in [-0.15, -0.1) is 5.10 Å². The van der Waals surface area contributed by atoms with E-state index in [1.165, 1.54) is 12.1 Å². The number of hydrogen-bond acceptors (Lipinski definition) is 6. The van der Waals surface area contributed by atoms with Crippen molar-refractivity contribution in [2.75, 3.05) is 23.3 Å². The number of β-amino-alcohol motifs (C(OH)–C–C–N with tert-alkyl or cyclic N) is 1. The SMILES string of the molecule is Cc1nnc(N[C@H](C)c2cccc(F)c2F)c2cc(N3CC(C)(O)C3)ncc12. The Morgan fingerprint density at radius 1 is 1.21 bits per heavy atom. The molecule has 3 heterocycles. The number of fused-ring (bicyclic) bond motifs is 1. The van der Waals surface area contributed by atoms with Gasteiger partial charge in [0, 0.05) is 35.6 Å². The van der Waals surface area contributed by atoms with E-state index in [9.17, 15) is 13.9 Å². The summed E-state index contributed by atoms with van der Waals surface area (Å²) in [5.74, 6) is -0.578. The Hall–Kier alpha value is -2.87. The van der Waals surface area contributed by atoms with Crippen molar-refractivity contribution in [3.05, 3.63) is 53.4 Å². The molecule has 0 amide bonds. The fourth-order valence-corrected chi connectivity index (χ4v) is 3.52. The molecule has 2 aromatic heterocycles. The monoisotopic (exact) mass is 385 g/mol. The van der Waals surface area contributed by atoms with Crippen LogP contribution in [0.1, 0.15) is 31.1 Å². The highest BCUT2D eigenvalue weighted by Crippen LogP contribution is 2.32. The van der Waals surface area contributed by atoms with Crippen LogP contribution in [0.5, 0.6) is 0 Å². The topological polar surface area (TPSA) is 74.2 Å². The molecule has 1 aromatic carbocycles. The maximum Gasteiger partial charge on any atom is 0.164 e. The zero-order chi connectivity index (χ0) is 20.1. The molecule has 0 saturated carbocycles. The molecule has 1 aliphatic rings. The molecule has 1 aliphatic heterocycles. The predicted molar refractivity (Wildman–Crippen MR) is 103 cm³/mol. The van der Waals surface area contributed by atoms with E-state index < -0.39 is 23.3 Å². The van der Waals surface area contributed by atoms with Gasteiger partial charge in [-0.25, -0.2) is 13.8 Å². The Morgan fingerprint density at radius 3 is 2.68 bits per heavy atom. The number of aliphatic hydroxyl groups is 1. The van der Waals surface area contributed by atoms with Crippen LogP contribution < -0.4 is 10.2 Å². The first kappa shape index (κ1) is 18.5. The molecule has 0 radical (unpaired) electrons. The second-order valence-corrected chi connectivity index (χ2v) is 7.58. The van der Waals surface area contributed by atoms with Crippen LogP contribution in [-0.4, -0.2) is 39.0 Å². The minimum atomic E-state index is -0.887. The lowest BCUT2D eigenvalue weighted by Crippen LogP contribution is -2.60. The van der Waals surface area contributed by atoms with Crippen molar-refractivity contribution in [2.45, 2.75) is 32.4 Å². The van der Waals surface area contributed by atoms with Gasteiger partial charge in [0.2, 0.25) is 0 Å². The fourth-order valence-electron chi connectivity index (χ4n) is 3.52. The van der Waals surface area contributed by atoms with Gasteiger partial charge >= 0.3 is 0 Å². The Bertz CT molecular complexity index is 1050. The molecule has 6 nitrogen and oxygen atoms in total. The summed E-state index contributed by atoms with van der Waals surface area (Å²) >= 11 is 0. The third-order valence-electron chi connectivity index (χ3n) is 5.02. The number of halogens is 2. The number of rotatable bonds is 4. The van der Waals surface area contributed by atoms with Crippen LogP contribution in [0.15, 0.2) is 30.5 Å². The van der Waals surface area contributed by atoms with Gasteiger partial charge in [-0.2, -0.15) is 5.10 Å². The van der Waals surface area contributed by atoms with E-state index >= 15 is 0 Å². The zero-order valence-electron chi connectivity index (χ0n) is 15.9. The number of aryl methyl sites for hydroxylation is 1. The lowest BCUT2D eigenvalue weighted by atomic mass is 9.97. The summed E-state index contributed by atoms with van der Waals surface area (Å²) in [7, 11) is 0. The predicted octanol–water partition coefficient (Wildman–Crippen LogP) is 3.36. The first-order valence-corrected chi connectivity index (χ1v) is 9.06. The molecule has 3 aromatic rings. The van der Waals surface area contributed by atoms with Gasteiger partial charge in [-0.1, -0.05) is 12.1 Å². The highest BCUT2D eigenvalue weighted by atomic mass is 19.2. The van der Waals surface area contributed by atoms with E-state index in [4.69, 9.17) is 0 Å². The van der Waals surface area contributed by atoms with E-state index in [2.05, 4.69) is 20.5 Å². The molecule has 0 bridgehead atoms. The molecule has 0 aliphatic carbocycles. The van der Waals surface area contributed by atoms with Crippen molar-refractivity contribution in [1.29, 1.82) is 0 Å². The second-order valence-electron chi connectivity index (χ2n) is 7.58. The van der Waals surface area contributed by atoms with E-state index in [1.807, 2.05) is 17.9 Å². The summed E-state index contributed by atoms with van der Waals surface area (Å²) in [6.07, 6.45) is 1.72. The standard InChI is InChI=1S/C20H21F2N5O/c1-11(13-5-4-6-16(21)18(13)22)24-19-14-7-17(27-9-20(3,28)10-27)23-8-15(14)12(2)25-26-19/h4-8,11,28H,9-10H2,1-3H3,(H,24,26)/t11-/m1/s1. The van der Waals surface area contributed by atoms with Gasteiger partial charge in [-0.3, -0.25) is 0 Å². The molecule has 0 spiro atoms. The molecule has 1 saturated heterocycles. The molecule has 4 rings (SSSR count). The Kier molecular flexibility index (Phi) is 4.38. The molecule has 8 heteroatoms. The lowest BCUT2D eigenvalue weighted by Gasteiger charge is -2.45. The van der Waals surface area contributed by atoms with Crippen LogP contribution in [0.3, 0.4) is 0 Å². The van der Waals surface area contributed by atoms with E-state index in [0.717, 1.165) is 28.4 Å².